The van der Waals surface area contributed by atoms with E-state index in [4.69, 9.17) is 11.6 Å². The Bertz CT molecular complexity index is 449. The first-order chi connectivity index (χ1) is 7.51. The SMILES string of the molecule is COC(=O)c1cc(F)cc([N+](=O)[O-])c1CCl. The number of ether oxygens (including phenoxy) is 1. The number of alkyl halides is 1. The van der Waals surface area contributed by atoms with E-state index in [1.54, 1.807) is 0 Å². The van der Waals surface area contributed by atoms with Crippen LogP contribution in [0.25, 0.3) is 0 Å². The molecular weight excluding hydrogens is 241 g/mol. The fraction of sp³-hybridized carbons (Fsp3) is 0.222. The molecule has 5 nitrogen and oxygen atoms in total. The molecule has 0 fully saturated rings. The van der Waals surface area contributed by atoms with E-state index in [0.29, 0.717) is 6.07 Å². The summed E-state index contributed by atoms with van der Waals surface area (Å²) in [7, 11) is 1.09. The van der Waals surface area contributed by atoms with Crippen LogP contribution < -0.4 is 0 Å². The minimum atomic E-state index is -0.888. The van der Waals surface area contributed by atoms with E-state index in [-0.39, 0.29) is 17.0 Å². The molecule has 86 valence electrons. The lowest BCUT2D eigenvalue weighted by molar-refractivity contribution is -0.385. The van der Waals surface area contributed by atoms with Crippen LogP contribution in [-0.4, -0.2) is 18.0 Å². The lowest BCUT2D eigenvalue weighted by atomic mass is 10.1. The van der Waals surface area contributed by atoms with Gasteiger partial charge in [-0.05, 0) is 6.07 Å². The second-order valence-electron chi connectivity index (χ2n) is 2.83. The zero-order valence-corrected chi connectivity index (χ0v) is 8.95. The lowest BCUT2D eigenvalue weighted by Crippen LogP contribution is -2.08. The van der Waals surface area contributed by atoms with E-state index in [2.05, 4.69) is 4.74 Å². The molecule has 0 aromatic heterocycles. The van der Waals surface area contributed by atoms with Crippen LogP contribution in [0.15, 0.2) is 12.1 Å². The van der Waals surface area contributed by atoms with E-state index in [1.807, 2.05) is 0 Å². The maximum Gasteiger partial charge on any atom is 0.338 e. The van der Waals surface area contributed by atoms with Gasteiger partial charge in [0.1, 0.15) is 5.82 Å². The van der Waals surface area contributed by atoms with Gasteiger partial charge in [-0.3, -0.25) is 10.1 Å². The molecule has 0 spiro atoms. The Morgan fingerprint density at radius 2 is 2.25 bits per heavy atom. The summed E-state index contributed by atoms with van der Waals surface area (Å²) in [4.78, 5) is 21.1. The summed E-state index contributed by atoms with van der Waals surface area (Å²) in [6, 6.07) is 1.57. The lowest BCUT2D eigenvalue weighted by Gasteiger charge is -2.06. The first kappa shape index (κ1) is 12.4. The zero-order chi connectivity index (χ0) is 12.3. The molecule has 0 radical (unpaired) electrons. The van der Waals surface area contributed by atoms with Crippen molar-refractivity contribution in [1.82, 2.24) is 0 Å². The summed E-state index contributed by atoms with van der Waals surface area (Å²) >= 11 is 5.50. The number of halogens is 2. The maximum atomic E-state index is 13.0. The Labute approximate surface area is 94.9 Å². The van der Waals surface area contributed by atoms with Gasteiger partial charge in [0, 0.05) is 0 Å². The molecule has 16 heavy (non-hydrogen) atoms. The van der Waals surface area contributed by atoms with Crippen molar-refractivity contribution in [2.75, 3.05) is 7.11 Å². The third kappa shape index (κ3) is 2.27. The fourth-order valence-corrected chi connectivity index (χ4v) is 1.50. The molecule has 0 atom stereocenters. The molecule has 0 unspecified atom stereocenters. The van der Waals surface area contributed by atoms with E-state index in [1.165, 1.54) is 0 Å². The predicted molar refractivity (Wildman–Crippen MR) is 54.0 cm³/mol. The molecule has 0 aliphatic heterocycles. The van der Waals surface area contributed by atoms with Crippen molar-refractivity contribution in [1.29, 1.82) is 0 Å². The molecule has 0 bridgehead atoms. The van der Waals surface area contributed by atoms with Gasteiger partial charge < -0.3 is 4.74 Å². The number of methoxy groups -OCH3 is 1. The van der Waals surface area contributed by atoms with Crippen LogP contribution in [0, 0.1) is 15.9 Å². The summed E-state index contributed by atoms with van der Waals surface area (Å²) < 4.78 is 17.4. The third-order valence-electron chi connectivity index (χ3n) is 1.93. The van der Waals surface area contributed by atoms with Crippen LogP contribution in [0.3, 0.4) is 0 Å². The molecule has 1 aromatic carbocycles. The topological polar surface area (TPSA) is 69.4 Å². The molecular formula is C9H7ClFNO4. The van der Waals surface area contributed by atoms with E-state index >= 15 is 0 Å². The Morgan fingerprint density at radius 1 is 1.62 bits per heavy atom. The average Bonchev–Trinajstić information content (AvgIpc) is 2.26. The highest BCUT2D eigenvalue weighted by Gasteiger charge is 2.23. The van der Waals surface area contributed by atoms with Crippen LogP contribution in [-0.2, 0) is 10.6 Å². The quantitative estimate of drug-likeness (QED) is 0.356. The van der Waals surface area contributed by atoms with E-state index in [0.717, 1.165) is 13.2 Å². The molecule has 0 aliphatic rings. The second-order valence-corrected chi connectivity index (χ2v) is 3.10. The number of rotatable bonds is 3. The molecule has 0 aliphatic carbocycles. The minimum Gasteiger partial charge on any atom is -0.465 e. The second kappa shape index (κ2) is 4.89. The molecule has 7 heteroatoms. The molecule has 0 saturated carbocycles. The highest BCUT2D eigenvalue weighted by atomic mass is 35.5. The van der Waals surface area contributed by atoms with E-state index in [9.17, 15) is 19.3 Å². The fourth-order valence-electron chi connectivity index (χ4n) is 1.22. The Kier molecular flexibility index (Phi) is 3.78. The number of carbonyl (C=O) groups excluding carboxylic acids is 1. The highest BCUT2D eigenvalue weighted by Crippen LogP contribution is 2.26. The first-order valence-electron chi connectivity index (χ1n) is 4.12. The van der Waals surface area contributed by atoms with Crippen LogP contribution in [0.2, 0.25) is 0 Å². The van der Waals surface area contributed by atoms with Crippen molar-refractivity contribution in [3.8, 4) is 0 Å². The largest absolute Gasteiger partial charge is 0.465 e. The number of esters is 1. The van der Waals surface area contributed by atoms with Gasteiger partial charge in [0.05, 0.1) is 35.1 Å². The molecule has 0 N–H and O–H groups in total. The monoisotopic (exact) mass is 247 g/mol. The number of benzene rings is 1. The van der Waals surface area contributed by atoms with Crippen LogP contribution >= 0.6 is 11.6 Å². The summed E-state index contributed by atoms with van der Waals surface area (Å²) in [5.41, 5.74) is -0.820. The number of nitrogens with zero attached hydrogens (tertiary/aromatic N) is 1. The number of nitro groups is 1. The first-order valence-corrected chi connectivity index (χ1v) is 4.65. The highest BCUT2D eigenvalue weighted by molar-refractivity contribution is 6.18. The standard InChI is InChI=1S/C9H7ClFNO4/c1-16-9(13)6-2-5(11)3-8(12(14)15)7(6)4-10/h2-3H,4H2,1H3. The molecule has 1 aromatic rings. The van der Waals surface area contributed by atoms with Crippen molar-refractivity contribution < 1.29 is 18.8 Å². The van der Waals surface area contributed by atoms with Crippen molar-refractivity contribution in [3.63, 3.8) is 0 Å². The molecule has 0 heterocycles. The van der Waals surface area contributed by atoms with Crippen LogP contribution in [0.5, 0.6) is 0 Å². The smallest absolute Gasteiger partial charge is 0.338 e. The molecule has 1 rings (SSSR count). The minimum absolute atomic E-state index is 0.0556. The average molecular weight is 248 g/mol. The van der Waals surface area contributed by atoms with Gasteiger partial charge in [-0.1, -0.05) is 0 Å². The normalized spacial score (nSPS) is 9.94. The number of carbonyl (C=O) groups is 1. The van der Waals surface area contributed by atoms with E-state index < -0.39 is 22.4 Å². The van der Waals surface area contributed by atoms with Gasteiger partial charge in [0.15, 0.2) is 0 Å². The van der Waals surface area contributed by atoms with Gasteiger partial charge in [0.2, 0.25) is 0 Å². The van der Waals surface area contributed by atoms with Crippen molar-refractivity contribution in [2.24, 2.45) is 0 Å². The Morgan fingerprint density at radius 3 is 2.69 bits per heavy atom. The van der Waals surface area contributed by atoms with Crippen molar-refractivity contribution in [3.05, 3.63) is 39.2 Å². The van der Waals surface area contributed by atoms with Gasteiger partial charge in [-0.2, -0.15) is 0 Å². The predicted octanol–water partition coefficient (Wildman–Crippen LogP) is 2.26. The van der Waals surface area contributed by atoms with Gasteiger partial charge >= 0.3 is 5.97 Å². The van der Waals surface area contributed by atoms with Crippen molar-refractivity contribution in [2.45, 2.75) is 5.88 Å². The number of nitro benzene ring substituents is 1. The third-order valence-corrected chi connectivity index (χ3v) is 2.19. The summed E-state index contributed by atoms with van der Waals surface area (Å²) in [5, 5.41) is 10.6. The Hall–Kier alpha value is -1.69. The molecule has 0 saturated heterocycles. The summed E-state index contributed by atoms with van der Waals surface area (Å²) in [5.74, 6) is -2.03. The summed E-state index contributed by atoms with van der Waals surface area (Å²) in [6.45, 7) is 0. The number of hydrogen-bond acceptors (Lipinski definition) is 4. The van der Waals surface area contributed by atoms with Crippen LogP contribution in [0.1, 0.15) is 15.9 Å². The van der Waals surface area contributed by atoms with Gasteiger partial charge in [-0.15, -0.1) is 11.6 Å². The number of hydrogen-bond donors (Lipinski definition) is 0. The van der Waals surface area contributed by atoms with Crippen LogP contribution in [0.4, 0.5) is 10.1 Å². The zero-order valence-electron chi connectivity index (χ0n) is 8.20. The van der Waals surface area contributed by atoms with Gasteiger partial charge in [-0.25, -0.2) is 9.18 Å². The van der Waals surface area contributed by atoms with Crippen molar-refractivity contribution >= 4 is 23.3 Å². The Balaban J connectivity index is 3.48. The maximum absolute atomic E-state index is 13.0. The molecule has 0 amide bonds. The van der Waals surface area contributed by atoms with Gasteiger partial charge in [0.25, 0.3) is 5.69 Å². The summed E-state index contributed by atoms with van der Waals surface area (Å²) in [6.07, 6.45) is 0.